The molecule has 0 unspecified atom stereocenters. The molecule has 1 heterocycles. The second-order valence-corrected chi connectivity index (χ2v) is 7.62. The molecule has 1 amide bonds. The molecular formula is C21H23N3O3S. The average molecular weight is 398 g/mol. The van der Waals surface area contributed by atoms with Crippen molar-refractivity contribution in [2.75, 3.05) is 18.5 Å². The molecule has 0 aliphatic heterocycles. The number of para-hydroxylation sites is 2. The van der Waals surface area contributed by atoms with Gasteiger partial charge in [-0.3, -0.25) is 10.1 Å². The molecule has 146 valence electrons. The summed E-state index contributed by atoms with van der Waals surface area (Å²) < 4.78 is 11.4. The molecule has 0 bridgehead atoms. The highest BCUT2D eigenvalue weighted by Crippen LogP contribution is 2.22. The molecule has 1 N–H and O–H groups in total. The van der Waals surface area contributed by atoms with Crippen LogP contribution in [-0.2, 0) is 6.42 Å². The Labute approximate surface area is 168 Å². The Kier molecular flexibility index (Phi) is 6.97. The van der Waals surface area contributed by atoms with Crippen LogP contribution in [0.5, 0.6) is 11.5 Å². The normalized spacial score (nSPS) is 10.7. The molecule has 0 aliphatic rings. The van der Waals surface area contributed by atoms with Crippen LogP contribution in [0.1, 0.15) is 29.2 Å². The summed E-state index contributed by atoms with van der Waals surface area (Å²) in [6.07, 6.45) is 0.842. The van der Waals surface area contributed by atoms with Gasteiger partial charge in [-0.2, -0.15) is 0 Å². The van der Waals surface area contributed by atoms with Crippen LogP contribution in [0.4, 0.5) is 5.13 Å². The van der Waals surface area contributed by atoms with Gasteiger partial charge in [0.2, 0.25) is 5.13 Å². The quantitative estimate of drug-likeness (QED) is 0.540. The summed E-state index contributed by atoms with van der Waals surface area (Å²) in [5.41, 5.74) is 0.447. The number of nitrogens with zero attached hydrogens (tertiary/aromatic N) is 2. The fourth-order valence-corrected chi connectivity index (χ4v) is 3.46. The smallest absolute Gasteiger partial charge is 0.261 e. The van der Waals surface area contributed by atoms with Crippen molar-refractivity contribution >= 4 is 22.4 Å². The summed E-state index contributed by atoms with van der Waals surface area (Å²) in [5.74, 6) is 1.50. The number of nitrogens with one attached hydrogen (secondary N) is 1. The molecule has 1 aromatic heterocycles. The van der Waals surface area contributed by atoms with E-state index in [4.69, 9.17) is 9.47 Å². The third-order valence-electron chi connectivity index (χ3n) is 3.75. The zero-order chi connectivity index (χ0) is 19.8. The van der Waals surface area contributed by atoms with Crippen molar-refractivity contribution in [2.45, 2.75) is 20.3 Å². The summed E-state index contributed by atoms with van der Waals surface area (Å²) in [5, 5.41) is 12.4. The summed E-state index contributed by atoms with van der Waals surface area (Å²) in [6.45, 7) is 4.95. The van der Waals surface area contributed by atoms with Gasteiger partial charge in [-0.15, -0.1) is 10.2 Å². The SMILES string of the molecule is CC(C)Cc1nnc(NC(=O)c2ccccc2OCCOc2ccccc2)s1. The first-order valence-corrected chi connectivity index (χ1v) is 9.97. The molecule has 0 aliphatic carbocycles. The number of carbonyl (C=O) groups is 1. The van der Waals surface area contributed by atoms with Gasteiger partial charge >= 0.3 is 0 Å². The van der Waals surface area contributed by atoms with Crippen molar-refractivity contribution in [1.82, 2.24) is 10.2 Å². The molecule has 7 heteroatoms. The maximum absolute atomic E-state index is 12.6. The summed E-state index contributed by atoms with van der Waals surface area (Å²) in [6, 6.07) is 16.6. The van der Waals surface area contributed by atoms with Crippen LogP contribution in [0.2, 0.25) is 0 Å². The highest BCUT2D eigenvalue weighted by Gasteiger charge is 2.15. The second kappa shape index (κ2) is 9.85. The summed E-state index contributed by atoms with van der Waals surface area (Å²) >= 11 is 1.39. The van der Waals surface area contributed by atoms with E-state index in [1.165, 1.54) is 11.3 Å². The molecule has 0 saturated carbocycles. The molecule has 3 rings (SSSR count). The number of ether oxygens (including phenoxy) is 2. The summed E-state index contributed by atoms with van der Waals surface area (Å²) in [7, 11) is 0. The van der Waals surface area contributed by atoms with Gasteiger partial charge in [0, 0.05) is 6.42 Å². The van der Waals surface area contributed by atoms with Crippen LogP contribution >= 0.6 is 11.3 Å². The van der Waals surface area contributed by atoms with Crippen molar-refractivity contribution < 1.29 is 14.3 Å². The first kappa shape index (κ1) is 19.8. The molecule has 0 radical (unpaired) electrons. The van der Waals surface area contributed by atoms with E-state index in [0.29, 0.717) is 35.6 Å². The number of rotatable bonds is 9. The largest absolute Gasteiger partial charge is 0.490 e. The van der Waals surface area contributed by atoms with Crippen molar-refractivity contribution in [3.63, 3.8) is 0 Å². The minimum absolute atomic E-state index is 0.271. The van der Waals surface area contributed by atoms with Gasteiger partial charge in [0.05, 0.1) is 5.56 Å². The topological polar surface area (TPSA) is 73.3 Å². The lowest BCUT2D eigenvalue weighted by molar-refractivity contribution is 0.102. The number of amides is 1. The first-order chi connectivity index (χ1) is 13.6. The maximum Gasteiger partial charge on any atom is 0.261 e. The number of anilines is 1. The molecule has 2 aromatic carbocycles. The lowest BCUT2D eigenvalue weighted by Crippen LogP contribution is -2.15. The Balaban J connectivity index is 1.56. The molecule has 0 saturated heterocycles. The van der Waals surface area contributed by atoms with Gasteiger partial charge in [0.1, 0.15) is 29.7 Å². The Bertz CT molecular complexity index is 897. The zero-order valence-corrected chi connectivity index (χ0v) is 16.7. The number of benzene rings is 2. The van der Waals surface area contributed by atoms with E-state index >= 15 is 0 Å². The van der Waals surface area contributed by atoms with E-state index in [1.807, 2.05) is 36.4 Å². The maximum atomic E-state index is 12.6. The molecular weight excluding hydrogens is 374 g/mol. The van der Waals surface area contributed by atoms with Gasteiger partial charge in [-0.1, -0.05) is 55.5 Å². The summed E-state index contributed by atoms with van der Waals surface area (Å²) in [4.78, 5) is 12.6. The molecule has 0 atom stereocenters. The zero-order valence-electron chi connectivity index (χ0n) is 15.9. The number of carbonyl (C=O) groups excluding carboxylic acids is 1. The van der Waals surface area contributed by atoms with Gasteiger partial charge in [0.25, 0.3) is 5.91 Å². The van der Waals surface area contributed by atoms with Crippen LogP contribution in [0, 0.1) is 5.92 Å². The number of hydrogen-bond donors (Lipinski definition) is 1. The van der Waals surface area contributed by atoms with Crippen LogP contribution < -0.4 is 14.8 Å². The Morgan fingerprint density at radius 1 is 1.00 bits per heavy atom. The third kappa shape index (κ3) is 5.79. The van der Waals surface area contributed by atoms with Crippen molar-refractivity contribution in [3.05, 3.63) is 65.2 Å². The number of aromatic nitrogens is 2. The second-order valence-electron chi connectivity index (χ2n) is 6.56. The van der Waals surface area contributed by atoms with Crippen LogP contribution in [0.3, 0.4) is 0 Å². The standard InChI is InChI=1S/C21H23N3O3S/c1-15(2)14-19-23-24-21(28-19)22-20(25)17-10-6-7-11-18(17)27-13-12-26-16-8-4-3-5-9-16/h3-11,15H,12-14H2,1-2H3,(H,22,24,25). The fourth-order valence-electron chi connectivity index (χ4n) is 2.51. The predicted octanol–water partition coefficient (Wildman–Crippen LogP) is 4.45. The Hall–Kier alpha value is -2.93. The van der Waals surface area contributed by atoms with Gasteiger partial charge < -0.3 is 9.47 Å². The number of hydrogen-bond acceptors (Lipinski definition) is 6. The van der Waals surface area contributed by atoms with Gasteiger partial charge in [-0.25, -0.2) is 0 Å². The van der Waals surface area contributed by atoms with Crippen molar-refractivity contribution in [1.29, 1.82) is 0 Å². The minimum atomic E-state index is -0.271. The highest BCUT2D eigenvalue weighted by molar-refractivity contribution is 7.15. The van der Waals surface area contributed by atoms with Crippen molar-refractivity contribution in [3.8, 4) is 11.5 Å². The predicted molar refractivity (Wildman–Crippen MR) is 110 cm³/mol. The first-order valence-electron chi connectivity index (χ1n) is 9.15. The highest BCUT2D eigenvalue weighted by atomic mass is 32.1. The average Bonchev–Trinajstić information content (AvgIpc) is 3.12. The lowest BCUT2D eigenvalue weighted by atomic mass is 10.1. The van der Waals surface area contributed by atoms with Crippen LogP contribution in [-0.4, -0.2) is 29.3 Å². The van der Waals surface area contributed by atoms with Gasteiger partial charge in [-0.05, 0) is 30.2 Å². The van der Waals surface area contributed by atoms with Crippen molar-refractivity contribution in [2.24, 2.45) is 5.92 Å². The third-order valence-corrected chi connectivity index (χ3v) is 4.62. The van der Waals surface area contributed by atoms with Crippen LogP contribution in [0.25, 0.3) is 0 Å². The van der Waals surface area contributed by atoms with E-state index in [0.717, 1.165) is 17.2 Å². The molecule has 3 aromatic rings. The van der Waals surface area contributed by atoms with E-state index in [2.05, 4.69) is 29.4 Å². The van der Waals surface area contributed by atoms with E-state index in [-0.39, 0.29) is 5.91 Å². The fraction of sp³-hybridized carbons (Fsp3) is 0.286. The Morgan fingerprint density at radius 2 is 1.71 bits per heavy atom. The van der Waals surface area contributed by atoms with E-state index in [1.54, 1.807) is 18.2 Å². The Morgan fingerprint density at radius 3 is 2.50 bits per heavy atom. The van der Waals surface area contributed by atoms with Crippen LogP contribution in [0.15, 0.2) is 54.6 Å². The molecule has 6 nitrogen and oxygen atoms in total. The monoisotopic (exact) mass is 397 g/mol. The van der Waals surface area contributed by atoms with Gasteiger partial charge in [0.15, 0.2) is 0 Å². The van der Waals surface area contributed by atoms with E-state index in [9.17, 15) is 4.79 Å². The molecule has 0 spiro atoms. The van der Waals surface area contributed by atoms with E-state index < -0.39 is 0 Å². The minimum Gasteiger partial charge on any atom is -0.490 e. The molecule has 28 heavy (non-hydrogen) atoms. The molecule has 0 fully saturated rings. The lowest BCUT2D eigenvalue weighted by Gasteiger charge is -2.11.